The predicted octanol–water partition coefficient (Wildman–Crippen LogP) is 2.53. The third kappa shape index (κ3) is 2.52. The maximum Gasteiger partial charge on any atom is 0.339 e. The number of benzene rings is 1. The van der Waals surface area contributed by atoms with Crippen LogP contribution in [0.2, 0.25) is 0 Å². The Morgan fingerprint density at radius 3 is 2.80 bits per heavy atom. The Morgan fingerprint density at radius 1 is 1.67 bits per heavy atom. The molecule has 0 fully saturated rings. The summed E-state index contributed by atoms with van der Waals surface area (Å²) in [5.74, 6) is -0.523. The van der Waals surface area contributed by atoms with Crippen molar-refractivity contribution in [1.29, 1.82) is 5.26 Å². The fraction of sp³-hybridized carbons (Fsp3) is 0.200. The van der Waals surface area contributed by atoms with Crippen LogP contribution in [0.15, 0.2) is 17.0 Å². The first kappa shape index (κ1) is 12.1. The first-order chi connectivity index (χ1) is 7.13. The van der Waals surface area contributed by atoms with Gasteiger partial charge in [-0.1, -0.05) is 15.9 Å². The van der Waals surface area contributed by atoms with Crippen LogP contribution >= 0.6 is 28.6 Å². The Labute approximate surface area is 102 Å². The number of nitriles is 1. The Hall–Kier alpha value is -0.990. The highest BCUT2D eigenvalue weighted by Crippen LogP contribution is 2.22. The molecule has 0 aliphatic rings. The van der Waals surface area contributed by atoms with Crippen LogP contribution in [0.4, 0.5) is 0 Å². The molecule has 0 aliphatic carbocycles. The van der Waals surface area contributed by atoms with E-state index >= 15 is 0 Å². The Kier molecular flexibility index (Phi) is 4.18. The largest absolute Gasteiger partial charge is 0.465 e. The number of alkyl halides is 1. The SMILES string of the molecule is COC(=O)c1cc(S)cc(CBr)c1C#N. The van der Waals surface area contributed by atoms with Gasteiger partial charge in [0.1, 0.15) is 6.07 Å². The lowest BCUT2D eigenvalue weighted by Crippen LogP contribution is -2.06. The van der Waals surface area contributed by atoms with Crippen molar-refractivity contribution in [2.45, 2.75) is 10.2 Å². The zero-order valence-electron chi connectivity index (χ0n) is 7.95. The van der Waals surface area contributed by atoms with Gasteiger partial charge in [0.15, 0.2) is 0 Å². The zero-order chi connectivity index (χ0) is 11.4. The Morgan fingerprint density at radius 2 is 2.33 bits per heavy atom. The fourth-order valence-corrected chi connectivity index (χ4v) is 1.92. The highest BCUT2D eigenvalue weighted by Gasteiger charge is 2.15. The van der Waals surface area contributed by atoms with E-state index < -0.39 is 5.97 Å². The second kappa shape index (κ2) is 5.19. The van der Waals surface area contributed by atoms with Crippen LogP contribution in [-0.4, -0.2) is 13.1 Å². The van der Waals surface area contributed by atoms with E-state index in [9.17, 15) is 4.79 Å². The topological polar surface area (TPSA) is 50.1 Å². The van der Waals surface area contributed by atoms with E-state index in [4.69, 9.17) is 5.26 Å². The minimum atomic E-state index is -0.523. The number of hydrogen-bond acceptors (Lipinski definition) is 4. The average Bonchev–Trinajstić information content (AvgIpc) is 2.26. The summed E-state index contributed by atoms with van der Waals surface area (Å²) in [5.41, 5.74) is 1.31. The van der Waals surface area contributed by atoms with Crippen molar-refractivity contribution in [3.05, 3.63) is 28.8 Å². The van der Waals surface area contributed by atoms with Crippen LogP contribution < -0.4 is 0 Å². The lowest BCUT2D eigenvalue weighted by atomic mass is 10.0. The number of carbonyl (C=O) groups excluding carboxylic acids is 1. The molecule has 0 N–H and O–H groups in total. The molecule has 3 nitrogen and oxygen atoms in total. The first-order valence-electron chi connectivity index (χ1n) is 4.04. The normalized spacial score (nSPS) is 9.47. The van der Waals surface area contributed by atoms with Crippen molar-refractivity contribution >= 4 is 34.5 Å². The van der Waals surface area contributed by atoms with E-state index in [-0.39, 0.29) is 5.56 Å². The second-order valence-electron chi connectivity index (χ2n) is 2.76. The summed E-state index contributed by atoms with van der Waals surface area (Å²) in [6.45, 7) is 0. The smallest absolute Gasteiger partial charge is 0.339 e. The van der Waals surface area contributed by atoms with E-state index in [0.29, 0.717) is 15.8 Å². The molecule has 0 aromatic heterocycles. The highest BCUT2D eigenvalue weighted by molar-refractivity contribution is 9.08. The molecule has 1 aromatic carbocycles. The van der Waals surface area contributed by atoms with E-state index in [1.165, 1.54) is 13.2 Å². The predicted molar refractivity (Wildman–Crippen MR) is 62.4 cm³/mol. The molecule has 0 heterocycles. The molecule has 0 unspecified atom stereocenters. The number of nitrogens with zero attached hydrogens (tertiary/aromatic N) is 1. The van der Waals surface area contributed by atoms with E-state index in [1.54, 1.807) is 6.07 Å². The van der Waals surface area contributed by atoms with E-state index in [1.807, 2.05) is 6.07 Å². The second-order valence-corrected chi connectivity index (χ2v) is 3.84. The van der Waals surface area contributed by atoms with Crippen molar-refractivity contribution in [1.82, 2.24) is 0 Å². The quantitative estimate of drug-likeness (QED) is 0.516. The summed E-state index contributed by atoms with van der Waals surface area (Å²) in [5, 5.41) is 9.46. The number of methoxy groups -OCH3 is 1. The van der Waals surface area contributed by atoms with Crippen molar-refractivity contribution in [3.63, 3.8) is 0 Å². The van der Waals surface area contributed by atoms with Crippen LogP contribution in [0.5, 0.6) is 0 Å². The number of halogens is 1. The molecule has 0 saturated heterocycles. The van der Waals surface area contributed by atoms with Crippen molar-refractivity contribution < 1.29 is 9.53 Å². The summed E-state index contributed by atoms with van der Waals surface area (Å²) < 4.78 is 4.59. The number of hydrogen-bond donors (Lipinski definition) is 1. The van der Waals surface area contributed by atoms with Gasteiger partial charge in [-0.05, 0) is 17.7 Å². The van der Waals surface area contributed by atoms with Crippen molar-refractivity contribution in [2.24, 2.45) is 0 Å². The molecule has 1 rings (SSSR count). The van der Waals surface area contributed by atoms with Gasteiger partial charge >= 0.3 is 5.97 Å². The monoisotopic (exact) mass is 285 g/mol. The summed E-state index contributed by atoms with van der Waals surface area (Å²) in [6, 6.07) is 5.26. The number of ether oxygens (including phenoxy) is 1. The molecule has 0 bridgehead atoms. The summed E-state index contributed by atoms with van der Waals surface area (Å²) >= 11 is 7.41. The minimum Gasteiger partial charge on any atom is -0.465 e. The number of carbonyl (C=O) groups is 1. The molecule has 0 atom stereocenters. The Balaban J connectivity index is 3.43. The third-order valence-corrected chi connectivity index (χ3v) is 2.73. The number of rotatable bonds is 2. The molecule has 1 aromatic rings. The van der Waals surface area contributed by atoms with Crippen LogP contribution in [0.3, 0.4) is 0 Å². The maximum atomic E-state index is 11.4. The highest BCUT2D eigenvalue weighted by atomic mass is 79.9. The van der Waals surface area contributed by atoms with E-state index in [2.05, 4.69) is 33.3 Å². The van der Waals surface area contributed by atoms with Crippen LogP contribution in [0.1, 0.15) is 21.5 Å². The van der Waals surface area contributed by atoms with Gasteiger partial charge in [0, 0.05) is 10.2 Å². The van der Waals surface area contributed by atoms with Gasteiger partial charge in [-0.15, -0.1) is 12.6 Å². The third-order valence-electron chi connectivity index (χ3n) is 1.87. The van der Waals surface area contributed by atoms with Gasteiger partial charge in [0.05, 0.1) is 18.2 Å². The van der Waals surface area contributed by atoms with Gasteiger partial charge in [-0.3, -0.25) is 0 Å². The van der Waals surface area contributed by atoms with E-state index in [0.717, 1.165) is 5.56 Å². The molecular formula is C10H8BrNO2S. The van der Waals surface area contributed by atoms with Gasteiger partial charge in [-0.25, -0.2) is 4.79 Å². The molecule has 0 saturated carbocycles. The summed E-state index contributed by atoms with van der Waals surface area (Å²) in [6.07, 6.45) is 0. The average molecular weight is 286 g/mol. The number of esters is 1. The zero-order valence-corrected chi connectivity index (χ0v) is 10.4. The first-order valence-corrected chi connectivity index (χ1v) is 5.61. The molecule has 0 radical (unpaired) electrons. The fourth-order valence-electron chi connectivity index (χ4n) is 1.19. The molecule has 15 heavy (non-hydrogen) atoms. The van der Waals surface area contributed by atoms with Crippen molar-refractivity contribution in [2.75, 3.05) is 7.11 Å². The number of thiol groups is 1. The standard InChI is InChI=1S/C10H8BrNO2S/c1-14-10(13)8-3-7(15)2-6(4-11)9(8)5-12/h2-3,15H,4H2,1H3. The van der Waals surface area contributed by atoms with Crippen LogP contribution in [0, 0.1) is 11.3 Å². The van der Waals surface area contributed by atoms with Gasteiger partial charge in [0.25, 0.3) is 0 Å². The van der Waals surface area contributed by atoms with Gasteiger partial charge in [-0.2, -0.15) is 5.26 Å². The molecule has 5 heteroatoms. The molecule has 78 valence electrons. The molecule has 0 amide bonds. The van der Waals surface area contributed by atoms with Crippen molar-refractivity contribution in [3.8, 4) is 6.07 Å². The summed E-state index contributed by atoms with van der Waals surface area (Å²) in [4.78, 5) is 12.0. The van der Waals surface area contributed by atoms with Crippen LogP contribution in [0.25, 0.3) is 0 Å². The lowest BCUT2D eigenvalue weighted by Gasteiger charge is -2.07. The molecular weight excluding hydrogens is 278 g/mol. The maximum absolute atomic E-state index is 11.4. The van der Waals surface area contributed by atoms with Crippen LogP contribution in [-0.2, 0) is 10.1 Å². The van der Waals surface area contributed by atoms with Gasteiger partial charge in [0.2, 0.25) is 0 Å². The van der Waals surface area contributed by atoms with Gasteiger partial charge < -0.3 is 4.74 Å². The molecule has 0 aliphatic heterocycles. The molecule has 0 spiro atoms. The minimum absolute atomic E-state index is 0.252. The summed E-state index contributed by atoms with van der Waals surface area (Å²) in [7, 11) is 1.28. The lowest BCUT2D eigenvalue weighted by molar-refractivity contribution is 0.0600. The Bertz CT molecular complexity index is 440.